The number of ether oxygens (including phenoxy) is 12. The van der Waals surface area contributed by atoms with Crippen molar-refractivity contribution in [3.8, 4) is 0 Å². The Kier molecular flexibility index (Phi) is 17.2. The molecule has 2 aliphatic rings. The summed E-state index contributed by atoms with van der Waals surface area (Å²) in [6, 6.07) is 0. The number of rotatable bonds is 15. The molecule has 21 nitrogen and oxygen atoms in total. The van der Waals surface area contributed by atoms with Gasteiger partial charge in [0.25, 0.3) is 0 Å². The lowest BCUT2D eigenvalue weighted by Gasteiger charge is -2.46. The van der Waals surface area contributed by atoms with Gasteiger partial charge in [-0.25, -0.2) is 4.79 Å². The number of carbonyl (C=O) groups is 9. The maximum absolute atomic E-state index is 13.5. The van der Waals surface area contributed by atoms with E-state index in [0.717, 1.165) is 62.7 Å². The first-order valence-corrected chi connectivity index (χ1v) is 16.5. The molecular formula is C33H46O21. The molecule has 0 amide bonds. The fourth-order valence-corrected chi connectivity index (χ4v) is 5.92. The highest BCUT2D eigenvalue weighted by atomic mass is 16.7. The average Bonchev–Trinajstić information content (AvgIpc) is 3.05. The van der Waals surface area contributed by atoms with Crippen LogP contribution in [0.2, 0.25) is 0 Å². The van der Waals surface area contributed by atoms with Crippen LogP contribution in [0.5, 0.6) is 0 Å². The third-order valence-electron chi connectivity index (χ3n) is 7.79. The zero-order valence-electron chi connectivity index (χ0n) is 31.4. The number of hydrogen-bond donors (Lipinski definition) is 0. The van der Waals surface area contributed by atoms with Crippen molar-refractivity contribution in [3.63, 3.8) is 0 Å². The normalized spacial score (nSPS) is 28.8. The van der Waals surface area contributed by atoms with E-state index < -0.39 is 140 Å². The highest BCUT2D eigenvalue weighted by Crippen LogP contribution is 2.36. The molecule has 0 radical (unpaired) electrons. The van der Waals surface area contributed by atoms with E-state index in [2.05, 4.69) is 0 Å². The van der Waals surface area contributed by atoms with Gasteiger partial charge in [0.05, 0.1) is 32.3 Å². The van der Waals surface area contributed by atoms with E-state index in [1.54, 1.807) is 0 Å². The molecule has 0 spiro atoms. The SMILES string of the molecule is COC(=O)[C@H](C[C@@H]1O[C@@H](C)[C@@H](OC(C)=O)[C@@H](OC(C)=O)[C@@H]1OC(C)=O)[C@@H](O[C@@H]1O[C@H](COC(C)=O)[C@H](OC(C)=O)[C@H](OC(C)=O)[C@H]1OC(C)=O)C(=O)OC. The van der Waals surface area contributed by atoms with Crippen molar-refractivity contribution < 1.29 is 100.0 Å². The summed E-state index contributed by atoms with van der Waals surface area (Å²) in [6.07, 6.45) is -18.0. The smallest absolute Gasteiger partial charge is 0.336 e. The van der Waals surface area contributed by atoms with Gasteiger partial charge < -0.3 is 56.8 Å². The van der Waals surface area contributed by atoms with Crippen LogP contribution in [0, 0.1) is 5.92 Å². The van der Waals surface area contributed by atoms with Gasteiger partial charge in [-0.1, -0.05) is 0 Å². The lowest BCUT2D eigenvalue weighted by Crippen LogP contribution is -2.64. The minimum Gasteiger partial charge on any atom is -0.469 e. The molecule has 2 saturated heterocycles. The van der Waals surface area contributed by atoms with Crippen LogP contribution in [0.25, 0.3) is 0 Å². The van der Waals surface area contributed by atoms with E-state index in [4.69, 9.17) is 56.8 Å². The van der Waals surface area contributed by atoms with Gasteiger partial charge in [-0.05, 0) is 13.3 Å². The third kappa shape index (κ3) is 12.9. The van der Waals surface area contributed by atoms with Crippen molar-refractivity contribution in [3.05, 3.63) is 0 Å². The van der Waals surface area contributed by atoms with Crippen molar-refractivity contribution in [2.24, 2.45) is 5.92 Å². The number of methoxy groups -OCH3 is 2. The summed E-state index contributed by atoms with van der Waals surface area (Å²) in [7, 11) is 1.92. The first kappa shape index (κ1) is 45.3. The van der Waals surface area contributed by atoms with E-state index in [-0.39, 0.29) is 0 Å². The maximum atomic E-state index is 13.5. The second kappa shape index (κ2) is 20.5. The molecule has 2 heterocycles. The summed E-state index contributed by atoms with van der Waals surface area (Å²) in [5, 5.41) is 0. The van der Waals surface area contributed by atoms with E-state index in [1.807, 2.05) is 0 Å². The second-order valence-corrected chi connectivity index (χ2v) is 12.1. The summed E-state index contributed by atoms with van der Waals surface area (Å²) in [5.41, 5.74) is 0. The Morgan fingerprint density at radius 2 is 0.907 bits per heavy atom. The van der Waals surface area contributed by atoms with Crippen molar-refractivity contribution >= 4 is 53.7 Å². The predicted molar refractivity (Wildman–Crippen MR) is 170 cm³/mol. The Morgan fingerprint density at radius 3 is 1.35 bits per heavy atom. The van der Waals surface area contributed by atoms with E-state index >= 15 is 0 Å². The summed E-state index contributed by atoms with van der Waals surface area (Å²) >= 11 is 0. The van der Waals surface area contributed by atoms with Crippen LogP contribution in [0.1, 0.15) is 61.8 Å². The Labute approximate surface area is 309 Å². The lowest BCUT2D eigenvalue weighted by molar-refractivity contribution is -0.319. The summed E-state index contributed by atoms with van der Waals surface area (Å²) in [4.78, 5) is 112. The molecule has 0 aromatic carbocycles. The molecule has 21 heteroatoms. The predicted octanol–water partition coefficient (Wildman–Crippen LogP) is -0.611. The van der Waals surface area contributed by atoms with Gasteiger partial charge in [0.15, 0.2) is 49.0 Å². The monoisotopic (exact) mass is 778 g/mol. The molecule has 0 bridgehead atoms. The van der Waals surface area contributed by atoms with Crippen LogP contribution < -0.4 is 0 Å². The molecular weight excluding hydrogens is 732 g/mol. The zero-order valence-corrected chi connectivity index (χ0v) is 31.4. The molecule has 0 saturated carbocycles. The Hall–Kier alpha value is -4.89. The first-order valence-electron chi connectivity index (χ1n) is 16.5. The van der Waals surface area contributed by atoms with Crippen molar-refractivity contribution in [1.29, 1.82) is 0 Å². The molecule has 0 unspecified atom stereocenters. The van der Waals surface area contributed by atoms with Gasteiger partial charge in [-0.3, -0.25) is 38.4 Å². The Balaban J connectivity index is 2.73. The molecule has 0 aliphatic carbocycles. The molecule has 0 aromatic rings. The van der Waals surface area contributed by atoms with Gasteiger partial charge in [0.1, 0.15) is 12.7 Å². The third-order valence-corrected chi connectivity index (χ3v) is 7.79. The van der Waals surface area contributed by atoms with Gasteiger partial charge in [-0.2, -0.15) is 0 Å². The Morgan fingerprint density at radius 1 is 0.500 bits per heavy atom. The van der Waals surface area contributed by atoms with E-state index in [0.29, 0.717) is 0 Å². The molecule has 2 fully saturated rings. The quantitative estimate of drug-likeness (QED) is 0.148. The minimum atomic E-state index is -2.06. The van der Waals surface area contributed by atoms with Gasteiger partial charge in [0.2, 0.25) is 0 Å². The van der Waals surface area contributed by atoms with Crippen LogP contribution in [-0.2, 0) is 100.0 Å². The van der Waals surface area contributed by atoms with Crippen LogP contribution in [0.15, 0.2) is 0 Å². The highest BCUT2D eigenvalue weighted by molar-refractivity contribution is 5.84. The fourth-order valence-electron chi connectivity index (χ4n) is 5.92. The topological polar surface area (TPSA) is 264 Å². The molecule has 304 valence electrons. The zero-order chi connectivity index (χ0) is 41.0. The van der Waals surface area contributed by atoms with Crippen molar-refractivity contribution in [2.75, 3.05) is 20.8 Å². The summed E-state index contributed by atoms with van der Waals surface area (Å²) < 4.78 is 65.4. The minimum absolute atomic E-state index is 0.607. The number of carbonyl (C=O) groups excluding carboxylic acids is 9. The molecule has 54 heavy (non-hydrogen) atoms. The summed E-state index contributed by atoms with van der Waals surface area (Å²) in [6.45, 7) is 8.02. The maximum Gasteiger partial charge on any atom is 0.336 e. The highest BCUT2D eigenvalue weighted by Gasteiger charge is 2.56. The fraction of sp³-hybridized carbons (Fsp3) is 0.727. The van der Waals surface area contributed by atoms with Gasteiger partial charge in [0, 0.05) is 48.5 Å². The van der Waals surface area contributed by atoms with E-state index in [1.165, 1.54) is 6.92 Å². The summed E-state index contributed by atoms with van der Waals surface area (Å²) in [5.74, 6) is -10.3. The van der Waals surface area contributed by atoms with Crippen LogP contribution in [0.3, 0.4) is 0 Å². The first-order chi connectivity index (χ1) is 25.2. The number of hydrogen-bond acceptors (Lipinski definition) is 21. The standard InChI is InChI=1S/C33H46O21/c1-13-24(47-15(3)35)28(50-18(6)38)26(48-16(4)36)22(46-13)11-21(31(41)43-9)25(32(42)44-10)54-33-30(52-20(8)40)29(51-19(7)39)27(49-17(5)37)23(53-33)12-45-14(2)34/h13,21-30,33H,11-12H2,1-10H3/t13-,21+,22-,23+,24+,25+,26+,27-,28+,29-,30+,33-/m0/s1. The Bertz CT molecular complexity index is 1410. The van der Waals surface area contributed by atoms with E-state index in [9.17, 15) is 43.2 Å². The molecule has 2 aliphatic heterocycles. The number of esters is 9. The second-order valence-electron chi connectivity index (χ2n) is 12.1. The van der Waals surface area contributed by atoms with Crippen LogP contribution in [-0.4, -0.2) is 142 Å². The molecule has 0 aromatic heterocycles. The van der Waals surface area contributed by atoms with Crippen LogP contribution in [0.4, 0.5) is 0 Å². The van der Waals surface area contributed by atoms with Gasteiger partial charge in [-0.15, -0.1) is 0 Å². The lowest BCUT2D eigenvalue weighted by atomic mass is 9.86. The largest absolute Gasteiger partial charge is 0.469 e. The molecule has 0 N–H and O–H groups in total. The average molecular weight is 779 g/mol. The van der Waals surface area contributed by atoms with Gasteiger partial charge >= 0.3 is 53.7 Å². The van der Waals surface area contributed by atoms with Crippen LogP contribution >= 0.6 is 0 Å². The van der Waals surface area contributed by atoms with Crippen molar-refractivity contribution in [1.82, 2.24) is 0 Å². The molecule has 2 rings (SSSR count). The van der Waals surface area contributed by atoms with Crippen molar-refractivity contribution in [2.45, 2.75) is 129 Å². The molecule has 12 atom stereocenters.